The van der Waals surface area contributed by atoms with E-state index >= 15 is 0 Å². The maximum Gasteiger partial charge on any atom is 0.263 e. The zero-order chi connectivity index (χ0) is 13.8. The first-order valence-corrected chi connectivity index (χ1v) is 5.31. The van der Waals surface area contributed by atoms with Gasteiger partial charge in [0.05, 0.1) is 19.5 Å². The van der Waals surface area contributed by atoms with Crippen molar-refractivity contribution in [1.29, 1.82) is 0 Å². The highest BCUT2D eigenvalue weighted by molar-refractivity contribution is 5.45. The van der Waals surface area contributed by atoms with E-state index in [9.17, 15) is 8.78 Å². The van der Waals surface area contributed by atoms with E-state index in [1.807, 2.05) is 0 Å². The SMILES string of the molecule is COc1cc(C(F)F)ccc1Oc1cncc(N)n1. The molecule has 100 valence electrons. The van der Waals surface area contributed by atoms with Crippen LogP contribution in [0.4, 0.5) is 14.6 Å². The van der Waals surface area contributed by atoms with Crippen molar-refractivity contribution in [1.82, 2.24) is 9.97 Å². The lowest BCUT2D eigenvalue weighted by Crippen LogP contribution is -1.97. The highest BCUT2D eigenvalue weighted by Gasteiger charge is 2.13. The number of benzene rings is 1. The average Bonchev–Trinajstić information content (AvgIpc) is 2.39. The third-order valence-corrected chi connectivity index (χ3v) is 2.29. The summed E-state index contributed by atoms with van der Waals surface area (Å²) in [4.78, 5) is 7.70. The minimum atomic E-state index is -2.57. The van der Waals surface area contributed by atoms with E-state index in [-0.39, 0.29) is 28.8 Å². The lowest BCUT2D eigenvalue weighted by Gasteiger charge is -2.11. The standard InChI is InChI=1S/C12H11F2N3O2/c1-18-9-4-7(12(13)14)2-3-8(9)19-11-6-16-5-10(15)17-11/h2-6,12H,1H3,(H2,15,17). The van der Waals surface area contributed by atoms with Gasteiger partial charge in [0.2, 0.25) is 5.88 Å². The molecule has 7 heteroatoms. The van der Waals surface area contributed by atoms with E-state index in [2.05, 4.69) is 9.97 Å². The molecule has 0 saturated heterocycles. The Balaban J connectivity index is 2.29. The van der Waals surface area contributed by atoms with E-state index in [0.29, 0.717) is 0 Å². The minimum absolute atomic E-state index is 0.150. The smallest absolute Gasteiger partial charge is 0.263 e. The van der Waals surface area contributed by atoms with Crippen molar-refractivity contribution in [3.8, 4) is 17.4 Å². The van der Waals surface area contributed by atoms with E-state index in [1.54, 1.807) is 0 Å². The minimum Gasteiger partial charge on any atom is -0.493 e. The number of hydrogen-bond donors (Lipinski definition) is 1. The first kappa shape index (κ1) is 13.0. The molecule has 0 bridgehead atoms. The zero-order valence-electron chi connectivity index (χ0n) is 10.0. The molecule has 1 heterocycles. The van der Waals surface area contributed by atoms with Crippen molar-refractivity contribution < 1.29 is 18.3 Å². The molecule has 2 rings (SSSR count). The number of hydrogen-bond acceptors (Lipinski definition) is 5. The molecular formula is C12H11F2N3O2. The van der Waals surface area contributed by atoms with Gasteiger partial charge in [-0.3, -0.25) is 4.98 Å². The van der Waals surface area contributed by atoms with Gasteiger partial charge in [-0.25, -0.2) is 8.78 Å². The fourth-order valence-electron chi connectivity index (χ4n) is 1.43. The van der Waals surface area contributed by atoms with Gasteiger partial charge >= 0.3 is 0 Å². The van der Waals surface area contributed by atoms with Crippen molar-refractivity contribution in [2.24, 2.45) is 0 Å². The van der Waals surface area contributed by atoms with E-state index in [0.717, 1.165) is 0 Å². The van der Waals surface area contributed by atoms with Crippen LogP contribution in [0.2, 0.25) is 0 Å². The Morgan fingerprint density at radius 3 is 2.63 bits per heavy atom. The van der Waals surface area contributed by atoms with Crippen LogP contribution in [0.1, 0.15) is 12.0 Å². The number of nitrogens with two attached hydrogens (primary N) is 1. The van der Waals surface area contributed by atoms with E-state index in [4.69, 9.17) is 15.2 Å². The Kier molecular flexibility index (Phi) is 3.74. The summed E-state index contributed by atoms with van der Waals surface area (Å²) in [6.07, 6.45) is 0.149. The number of alkyl halides is 2. The summed E-state index contributed by atoms with van der Waals surface area (Å²) in [5.74, 6) is 0.789. The Labute approximate surface area is 108 Å². The Morgan fingerprint density at radius 1 is 1.21 bits per heavy atom. The lowest BCUT2D eigenvalue weighted by atomic mass is 10.2. The number of methoxy groups -OCH3 is 1. The van der Waals surface area contributed by atoms with Gasteiger partial charge in [-0.1, -0.05) is 0 Å². The molecule has 0 aliphatic heterocycles. The summed E-state index contributed by atoms with van der Waals surface area (Å²) >= 11 is 0. The first-order valence-electron chi connectivity index (χ1n) is 5.31. The Morgan fingerprint density at radius 2 is 2.00 bits per heavy atom. The van der Waals surface area contributed by atoms with E-state index < -0.39 is 6.43 Å². The van der Waals surface area contributed by atoms with Crippen LogP contribution in [0.15, 0.2) is 30.6 Å². The summed E-state index contributed by atoms with van der Waals surface area (Å²) in [7, 11) is 1.36. The maximum atomic E-state index is 12.6. The summed E-state index contributed by atoms with van der Waals surface area (Å²) in [6, 6.07) is 3.84. The highest BCUT2D eigenvalue weighted by Crippen LogP contribution is 2.34. The highest BCUT2D eigenvalue weighted by atomic mass is 19.3. The maximum absolute atomic E-state index is 12.6. The summed E-state index contributed by atoms with van der Waals surface area (Å²) in [5, 5.41) is 0. The molecule has 0 spiro atoms. The van der Waals surface area contributed by atoms with Crippen LogP contribution in [-0.4, -0.2) is 17.1 Å². The topological polar surface area (TPSA) is 70.3 Å². The molecule has 0 aliphatic rings. The molecule has 0 unspecified atom stereocenters. The van der Waals surface area contributed by atoms with Gasteiger partial charge in [0.25, 0.3) is 6.43 Å². The predicted octanol–water partition coefficient (Wildman–Crippen LogP) is 2.80. The van der Waals surface area contributed by atoms with Crippen LogP contribution < -0.4 is 15.2 Å². The number of nitrogen functional groups attached to an aromatic ring is 1. The number of anilines is 1. The molecular weight excluding hydrogens is 256 g/mol. The molecule has 0 aliphatic carbocycles. The Bertz CT molecular complexity index is 579. The van der Waals surface area contributed by atoms with Crippen molar-refractivity contribution in [3.63, 3.8) is 0 Å². The average molecular weight is 267 g/mol. The van der Waals surface area contributed by atoms with Crippen LogP contribution in [0.3, 0.4) is 0 Å². The number of nitrogens with zero attached hydrogens (tertiary/aromatic N) is 2. The predicted molar refractivity (Wildman–Crippen MR) is 64.5 cm³/mol. The quantitative estimate of drug-likeness (QED) is 0.922. The molecule has 0 amide bonds. The van der Waals surface area contributed by atoms with Gasteiger partial charge in [0.15, 0.2) is 11.5 Å². The fraction of sp³-hybridized carbons (Fsp3) is 0.167. The largest absolute Gasteiger partial charge is 0.493 e. The second kappa shape index (κ2) is 5.47. The van der Waals surface area contributed by atoms with Crippen LogP contribution in [0.25, 0.3) is 0 Å². The summed E-state index contributed by atoms with van der Waals surface area (Å²) in [5.41, 5.74) is 5.31. The van der Waals surface area contributed by atoms with Gasteiger partial charge in [-0.05, 0) is 18.2 Å². The number of halogens is 2. The lowest BCUT2D eigenvalue weighted by molar-refractivity contribution is 0.151. The van der Waals surface area contributed by atoms with Gasteiger partial charge in [0, 0.05) is 5.56 Å². The molecule has 0 fully saturated rings. The molecule has 0 radical (unpaired) electrons. The van der Waals surface area contributed by atoms with E-state index in [1.165, 1.54) is 37.7 Å². The van der Waals surface area contributed by atoms with Crippen molar-refractivity contribution in [2.75, 3.05) is 12.8 Å². The zero-order valence-corrected chi connectivity index (χ0v) is 10.0. The molecule has 19 heavy (non-hydrogen) atoms. The molecule has 1 aromatic carbocycles. The van der Waals surface area contributed by atoms with Gasteiger partial charge in [-0.15, -0.1) is 0 Å². The fourth-order valence-corrected chi connectivity index (χ4v) is 1.43. The molecule has 2 N–H and O–H groups in total. The monoisotopic (exact) mass is 267 g/mol. The normalized spacial score (nSPS) is 10.5. The second-order valence-corrected chi connectivity index (χ2v) is 3.60. The van der Waals surface area contributed by atoms with Crippen LogP contribution >= 0.6 is 0 Å². The summed E-state index contributed by atoms with van der Waals surface area (Å²) < 4.78 is 35.5. The second-order valence-electron chi connectivity index (χ2n) is 3.60. The summed E-state index contributed by atoms with van der Waals surface area (Å²) in [6.45, 7) is 0. The van der Waals surface area contributed by atoms with Crippen molar-refractivity contribution >= 4 is 5.82 Å². The molecule has 2 aromatic rings. The number of aromatic nitrogens is 2. The molecule has 5 nitrogen and oxygen atoms in total. The van der Waals surface area contributed by atoms with Crippen molar-refractivity contribution in [2.45, 2.75) is 6.43 Å². The molecule has 0 atom stereocenters. The molecule has 0 saturated carbocycles. The third kappa shape index (κ3) is 3.06. The number of rotatable bonds is 4. The van der Waals surface area contributed by atoms with Crippen molar-refractivity contribution in [3.05, 3.63) is 36.2 Å². The first-order chi connectivity index (χ1) is 9.10. The third-order valence-electron chi connectivity index (χ3n) is 2.29. The van der Waals surface area contributed by atoms with Gasteiger partial charge < -0.3 is 15.2 Å². The van der Waals surface area contributed by atoms with Gasteiger partial charge in [-0.2, -0.15) is 4.98 Å². The van der Waals surface area contributed by atoms with Crippen LogP contribution in [0.5, 0.6) is 17.4 Å². The number of ether oxygens (including phenoxy) is 2. The molecule has 1 aromatic heterocycles. The van der Waals surface area contributed by atoms with Gasteiger partial charge in [0.1, 0.15) is 5.82 Å². The van der Waals surface area contributed by atoms with Crippen LogP contribution in [0, 0.1) is 0 Å². The Hall–Kier alpha value is -2.44. The van der Waals surface area contributed by atoms with Crippen LogP contribution in [-0.2, 0) is 0 Å².